The van der Waals surface area contributed by atoms with E-state index in [1.54, 1.807) is 0 Å². The summed E-state index contributed by atoms with van der Waals surface area (Å²) >= 11 is 6.10. The molecular weight excluding hydrogens is 180 g/mol. The lowest BCUT2D eigenvalue weighted by Crippen LogP contribution is -2.06. The van der Waals surface area contributed by atoms with E-state index in [9.17, 15) is 0 Å². The van der Waals surface area contributed by atoms with Crippen molar-refractivity contribution in [3.8, 4) is 0 Å². The third kappa shape index (κ3) is 1.64. The van der Waals surface area contributed by atoms with Crippen molar-refractivity contribution >= 4 is 17.7 Å². The van der Waals surface area contributed by atoms with Crippen LogP contribution in [0.25, 0.3) is 6.08 Å². The molecule has 0 aromatic heterocycles. The first-order chi connectivity index (χ1) is 6.16. The van der Waals surface area contributed by atoms with Crippen LogP contribution in [0.2, 0.25) is 0 Å². The van der Waals surface area contributed by atoms with Gasteiger partial charge in [-0.05, 0) is 36.5 Å². The molecule has 1 aromatic rings. The molecule has 1 atom stereocenters. The van der Waals surface area contributed by atoms with Crippen LogP contribution < -0.4 is 0 Å². The molecule has 0 bridgehead atoms. The molecule has 1 aliphatic rings. The minimum Gasteiger partial charge on any atom is -0.0888 e. The number of rotatable bonds is 0. The lowest BCUT2D eigenvalue weighted by molar-refractivity contribution is 0.703. The minimum absolute atomic E-state index is 0.482. The van der Waals surface area contributed by atoms with Crippen LogP contribution in [-0.2, 0) is 6.42 Å². The van der Waals surface area contributed by atoms with Gasteiger partial charge in [0.05, 0.1) is 0 Å². The maximum atomic E-state index is 6.10. The summed E-state index contributed by atoms with van der Waals surface area (Å²) in [5.74, 6) is 0.482. The lowest BCUT2D eigenvalue weighted by atomic mass is 9.89. The molecule has 0 N–H and O–H groups in total. The fourth-order valence-corrected chi connectivity index (χ4v) is 1.97. The van der Waals surface area contributed by atoms with Crippen molar-refractivity contribution in [2.24, 2.45) is 5.92 Å². The van der Waals surface area contributed by atoms with Gasteiger partial charge in [-0.25, -0.2) is 0 Å². The Balaban J connectivity index is 2.50. The van der Waals surface area contributed by atoms with Gasteiger partial charge in [0.2, 0.25) is 0 Å². The Bertz CT molecular complexity index is 363. The highest BCUT2D eigenvalue weighted by molar-refractivity contribution is 6.32. The molecule has 0 nitrogen and oxygen atoms in total. The minimum atomic E-state index is 0.482. The number of hydrogen-bond donors (Lipinski definition) is 0. The predicted molar refractivity (Wildman–Crippen MR) is 57.9 cm³/mol. The molecule has 0 aliphatic heterocycles. The van der Waals surface area contributed by atoms with Crippen molar-refractivity contribution in [1.29, 1.82) is 0 Å². The highest BCUT2D eigenvalue weighted by Gasteiger charge is 2.15. The number of aryl methyl sites for hydroxylation is 1. The molecule has 1 aromatic carbocycles. The zero-order valence-electron chi connectivity index (χ0n) is 7.97. The number of fused-ring (bicyclic) bond motifs is 1. The zero-order chi connectivity index (χ0) is 9.42. The van der Waals surface area contributed by atoms with Crippen molar-refractivity contribution in [2.45, 2.75) is 20.3 Å². The summed E-state index contributed by atoms with van der Waals surface area (Å²) in [5.41, 5.74) is 4.04. The third-order valence-corrected chi connectivity index (χ3v) is 3.07. The zero-order valence-corrected chi connectivity index (χ0v) is 8.73. The van der Waals surface area contributed by atoms with E-state index in [1.807, 2.05) is 0 Å². The first kappa shape index (κ1) is 8.83. The van der Waals surface area contributed by atoms with Crippen molar-refractivity contribution in [3.05, 3.63) is 39.9 Å². The summed E-state index contributed by atoms with van der Waals surface area (Å²) < 4.78 is 0. The largest absolute Gasteiger partial charge is 0.0888 e. The van der Waals surface area contributed by atoms with Crippen LogP contribution in [0.4, 0.5) is 0 Å². The molecule has 0 saturated carbocycles. The van der Waals surface area contributed by atoms with Crippen molar-refractivity contribution < 1.29 is 0 Å². The van der Waals surface area contributed by atoms with Crippen LogP contribution in [0, 0.1) is 12.8 Å². The second-order valence-electron chi connectivity index (χ2n) is 3.84. The Labute approximate surface area is 84.2 Å². The van der Waals surface area contributed by atoms with E-state index in [4.69, 9.17) is 11.6 Å². The molecule has 13 heavy (non-hydrogen) atoms. The summed E-state index contributed by atoms with van der Waals surface area (Å²) in [6.07, 6.45) is 3.16. The van der Waals surface area contributed by atoms with Gasteiger partial charge in [0.15, 0.2) is 0 Å². The fraction of sp³-hybridized carbons (Fsp3) is 0.333. The van der Waals surface area contributed by atoms with Gasteiger partial charge in [0, 0.05) is 5.03 Å². The highest BCUT2D eigenvalue weighted by atomic mass is 35.5. The standard InChI is InChI=1S/C12H13Cl/c1-8-3-4-10-7-12(13)9(2)6-11(10)5-8/h3-5,7,9H,6H2,1-2H3. The predicted octanol–water partition coefficient (Wildman–Crippen LogP) is 3.77. The van der Waals surface area contributed by atoms with Crippen molar-refractivity contribution in [3.63, 3.8) is 0 Å². The maximum Gasteiger partial charge on any atom is 0.0218 e. The Kier molecular flexibility index (Phi) is 2.17. The van der Waals surface area contributed by atoms with Crippen LogP contribution in [0.5, 0.6) is 0 Å². The molecule has 0 fully saturated rings. The quantitative estimate of drug-likeness (QED) is 0.587. The van der Waals surface area contributed by atoms with Gasteiger partial charge >= 0.3 is 0 Å². The molecule has 68 valence electrons. The summed E-state index contributed by atoms with van der Waals surface area (Å²) in [5, 5.41) is 0.983. The topological polar surface area (TPSA) is 0 Å². The molecular formula is C12H13Cl. The average Bonchev–Trinajstić information content (AvgIpc) is 2.08. The van der Waals surface area contributed by atoms with E-state index in [1.165, 1.54) is 16.7 Å². The van der Waals surface area contributed by atoms with Gasteiger partial charge < -0.3 is 0 Å². The van der Waals surface area contributed by atoms with Gasteiger partial charge in [-0.2, -0.15) is 0 Å². The molecule has 0 saturated heterocycles. The van der Waals surface area contributed by atoms with Crippen LogP contribution in [0.1, 0.15) is 23.6 Å². The number of halogens is 1. The Morgan fingerprint density at radius 1 is 1.38 bits per heavy atom. The van der Waals surface area contributed by atoms with Crippen molar-refractivity contribution in [2.75, 3.05) is 0 Å². The molecule has 1 aliphatic carbocycles. The van der Waals surface area contributed by atoms with Crippen LogP contribution in [-0.4, -0.2) is 0 Å². The normalized spacial score (nSPS) is 20.8. The molecule has 1 heteroatoms. The van der Waals surface area contributed by atoms with Gasteiger partial charge in [-0.1, -0.05) is 42.3 Å². The second-order valence-corrected chi connectivity index (χ2v) is 4.27. The van der Waals surface area contributed by atoms with E-state index >= 15 is 0 Å². The summed E-state index contributed by atoms with van der Waals surface area (Å²) in [4.78, 5) is 0. The summed E-state index contributed by atoms with van der Waals surface area (Å²) in [6.45, 7) is 4.30. The van der Waals surface area contributed by atoms with Gasteiger partial charge in [-0.15, -0.1) is 0 Å². The number of hydrogen-bond acceptors (Lipinski definition) is 0. The summed E-state index contributed by atoms with van der Waals surface area (Å²) in [6, 6.07) is 6.54. The fourth-order valence-electron chi connectivity index (χ4n) is 1.77. The Morgan fingerprint density at radius 2 is 2.15 bits per heavy atom. The molecule has 0 radical (unpaired) electrons. The smallest absolute Gasteiger partial charge is 0.0218 e. The van der Waals surface area contributed by atoms with Gasteiger partial charge in [0.1, 0.15) is 0 Å². The van der Waals surface area contributed by atoms with Crippen LogP contribution >= 0.6 is 11.6 Å². The molecule has 0 amide bonds. The van der Waals surface area contributed by atoms with E-state index in [-0.39, 0.29) is 0 Å². The van der Waals surface area contributed by atoms with E-state index in [0.717, 1.165) is 11.5 Å². The second kappa shape index (κ2) is 3.19. The van der Waals surface area contributed by atoms with Crippen LogP contribution in [0.15, 0.2) is 23.2 Å². The first-order valence-corrected chi connectivity index (χ1v) is 5.01. The summed E-state index contributed by atoms with van der Waals surface area (Å²) in [7, 11) is 0. The highest BCUT2D eigenvalue weighted by Crippen LogP contribution is 2.30. The van der Waals surface area contributed by atoms with E-state index < -0.39 is 0 Å². The lowest BCUT2D eigenvalue weighted by Gasteiger charge is -2.19. The van der Waals surface area contributed by atoms with E-state index in [2.05, 4.69) is 38.1 Å². The first-order valence-electron chi connectivity index (χ1n) is 4.63. The SMILES string of the molecule is Cc1ccc2c(c1)CC(C)C(Cl)=C2. The van der Waals surface area contributed by atoms with Gasteiger partial charge in [-0.3, -0.25) is 0 Å². The van der Waals surface area contributed by atoms with Crippen LogP contribution in [0.3, 0.4) is 0 Å². The average molecular weight is 193 g/mol. The Hall–Kier alpha value is -0.750. The monoisotopic (exact) mass is 192 g/mol. The molecule has 2 rings (SSSR count). The van der Waals surface area contributed by atoms with Gasteiger partial charge in [0.25, 0.3) is 0 Å². The Morgan fingerprint density at radius 3 is 2.92 bits per heavy atom. The maximum absolute atomic E-state index is 6.10. The number of benzene rings is 1. The molecule has 0 spiro atoms. The molecule has 1 unspecified atom stereocenters. The number of allylic oxidation sites excluding steroid dienone is 1. The third-order valence-electron chi connectivity index (χ3n) is 2.59. The van der Waals surface area contributed by atoms with Crippen molar-refractivity contribution in [1.82, 2.24) is 0 Å². The van der Waals surface area contributed by atoms with E-state index in [0.29, 0.717) is 5.92 Å². The molecule has 0 heterocycles.